The van der Waals surface area contributed by atoms with E-state index >= 15 is 0 Å². The van der Waals surface area contributed by atoms with Gasteiger partial charge in [-0.2, -0.15) is 5.10 Å². The maximum atomic E-state index is 12.6. The molecule has 0 atom stereocenters. The Balaban J connectivity index is 1.94. The maximum Gasteiger partial charge on any atom is 0.281 e. The van der Waals surface area contributed by atoms with Crippen molar-refractivity contribution in [3.63, 3.8) is 0 Å². The number of nitrogens with one attached hydrogen (secondary N) is 1. The maximum absolute atomic E-state index is 12.6. The Hall–Kier alpha value is -1.99. The Bertz CT molecular complexity index is 769. The number of carbonyl (C=O) groups excluding carboxylic acids is 1. The van der Waals surface area contributed by atoms with Crippen molar-refractivity contribution in [2.75, 3.05) is 4.90 Å². The molecule has 2 heterocycles. The van der Waals surface area contributed by atoms with Gasteiger partial charge in [-0.1, -0.05) is 18.2 Å². The summed E-state index contributed by atoms with van der Waals surface area (Å²) in [5.74, 6) is -0.186. The van der Waals surface area contributed by atoms with E-state index in [0.717, 1.165) is 16.7 Å². The number of para-hydroxylation sites is 1. The molecule has 112 valence electrons. The van der Waals surface area contributed by atoms with Crippen molar-refractivity contribution in [2.24, 2.45) is 0 Å². The van der Waals surface area contributed by atoms with Crippen LogP contribution in [0.3, 0.4) is 0 Å². The fourth-order valence-corrected chi connectivity index (χ4v) is 2.88. The Morgan fingerprint density at radius 3 is 2.73 bits per heavy atom. The zero-order valence-corrected chi connectivity index (χ0v) is 14.2. The molecule has 0 spiro atoms. The molecule has 0 saturated carbocycles. The number of benzene rings is 1. The first-order chi connectivity index (χ1) is 10.6. The van der Waals surface area contributed by atoms with Crippen LogP contribution >= 0.6 is 28.1 Å². The lowest BCUT2D eigenvalue weighted by Gasteiger charge is -2.13. The largest absolute Gasteiger partial charge is 0.327 e. The Morgan fingerprint density at radius 2 is 2.09 bits per heavy atom. The number of hydrogen-bond donors (Lipinski definition) is 1. The molecular weight excluding hydrogens is 364 g/mol. The van der Waals surface area contributed by atoms with Crippen LogP contribution in [0.2, 0.25) is 0 Å². The van der Waals surface area contributed by atoms with Crippen molar-refractivity contribution in [3.8, 4) is 0 Å². The Morgan fingerprint density at radius 1 is 1.36 bits per heavy atom. The second-order valence-electron chi connectivity index (χ2n) is 4.68. The van der Waals surface area contributed by atoms with Gasteiger partial charge in [0.15, 0.2) is 5.11 Å². The Kier molecular flexibility index (Phi) is 4.08. The highest BCUT2D eigenvalue weighted by atomic mass is 79.9. The summed E-state index contributed by atoms with van der Waals surface area (Å²) in [6.45, 7) is 2.76. The van der Waals surface area contributed by atoms with Gasteiger partial charge in [0.2, 0.25) is 0 Å². The summed E-state index contributed by atoms with van der Waals surface area (Å²) in [6.07, 6.45) is 3.58. The SMILES string of the molecule is CCn1cc(Br)c(/C=C2/NC(=S)N(c3ccccc3)C2=O)n1. The van der Waals surface area contributed by atoms with Gasteiger partial charge >= 0.3 is 0 Å². The van der Waals surface area contributed by atoms with E-state index in [1.54, 1.807) is 10.8 Å². The molecule has 0 aliphatic carbocycles. The molecule has 3 rings (SSSR count). The highest BCUT2D eigenvalue weighted by Gasteiger charge is 2.32. The molecule has 5 nitrogen and oxygen atoms in total. The number of carbonyl (C=O) groups is 1. The van der Waals surface area contributed by atoms with Crippen molar-refractivity contribution >= 4 is 50.9 Å². The summed E-state index contributed by atoms with van der Waals surface area (Å²) in [4.78, 5) is 14.0. The molecule has 2 aromatic rings. The van der Waals surface area contributed by atoms with Crippen LogP contribution in [-0.4, -0.2) is 20.8 Å². The molecule has 1 aromatic carbocycles. The number of aryl methyl sites for hydroxylation is 1. The Labute approximate surface area is 141 Å². The van der Waals surface area contributed by atoms with E-state index in [1.807, 2.05) is 43.5 Å². The third-order valence-corrected chi connectivity index (χ3v) is 4.14. The van der Waals surface area contributed by atoms with Gasteiger partial charge in [-0.25, -0.2) is 0 Å². The lowest BCUT2D eigenvalue weighted by Crippen LogP contribution is -2.30. The first kappa shape index (κ1) is 14.9. The van der Waals surface area contributed by atoms with E-state index in [2.05, 4.69) is 26.3 Å². The number of rotatable bonds is 3. The average Bonchev–Trinajstić information content (AvgIpc) is 3.01. The van der Waals surface area contributed by atoms with Crippen LogP contribution in [0.5, 0.6) is 0 Å². The van der Waals surface area contributed by atoms with Crippen molar-refractivity contribution < 1.29 is 4.79 Å². The van der Waals surface area contributed by atoms with Crippen molar-refractivity contribution in [1.29, 1.82) is 0 Å². The van der Waals surface area contributed by atoms with Crippen LogP contribution in [-0.2, 0) is 11.3 Å². The lowest BCUT2D eigenvalue weighted by molar-refractivity contribution is -0.113. The number of amides is 1. The predicted molar refractivity (Wildman–Crippen MR) is 93.2 cm³/mol. The number of nitrogens with zero attached hydrogens (tertiary/aromatic N) is 3. The third-order valence-electron chi connectivity index (χ3n) is 3.24. The third kappa shape index (κ3) is 2.69. The lowest BCUT2D eigenvalue weighted by atomic mass is 10.3. The van der Waals surface area contributed by atoms with Crippen LogP contribution in [0.15, 0.2) is 46.7 Å². The highest BCUT2D eigenvalue weighted by molar-refractivity contribution is 9.10. The van der Waals surface area contributed by atoms with Crippen LogP contribution in [0.25, 0.3) is 6.08 Å². The van der Waals surface area contributed by atoms with E-state index in [4.69, 9.17) is 12.2 Å². The van der Waals surface area contributed by atoms with E-state index in [1.165, 1.54) is 4.90 Å². The highest BCUT2D eigenvalue weighted by Crippen LogP contribution is 2.23. The van der Waals surface area contributed by atoms with E-state index < -0.39 is 0 Å². The zero-order chi connectivity index (χ0) is 15.7. The zero-order valence-electron chi connectivity index (χ0n) is 11.8. The van der Waals surface area contributed by atoms with Gasteiger partial charge in [-0.3, -0.25) is 14.4 Å². The smallest absolute Gasteiger partial charge is 0.281 e. The molecular formula is C15H13BrN4OS. The average molecular weight is 377 g/mol. The minimum absolute atomic E-state index is 0.186. The monoisotopic (exact) mass is 376 g/mol. The fraction of sp³-hybridized carbons (Fsp3) is 0.133. The molecule has 1 amide bonds. The molecule has 1 N–H and O–H groups in total. The number of anilines is 1. The summed E-state index contributed by atoms with van der Waals surface area (Å²) in [7, 11) is 0. The summed E-state index contributed by atoms with van der Waals surface area (Å²) in [5.41, 5.74) is 1.85. The molecule has 1 saturated heterocycles. The number of halogens is 1. The van der Waals surface area contributed by atoms with E-state index in [0.29, 0.717) is 16.5 Å². The number of hydrogen-bond acceptors (Lipinski definition) is 3. The topological polar surface area (TPSA) is 50.2 Å². The first-order valence-electron chi connectivity index (χ1n) is 6.75. The van der Waals surface area contributed by atoms with Gasteiger partial charge in [-0.15, -0.1) is 0 Å². The van der Waals surface area contributed by atoms with Crippen molar-refractivity contribution in [1.82, 2.24) is 15.1 Å². The van der Waals surface area contributed by atoms with Gasteiger partial charge in [0.1, 0.15) is 11.4 Å². The van der Waals surface area contributed by atoms with Crippen LogP contribution in [0.1, 0.15) is 12.6 Å². The second-order valence-corrected chi connectivity index (χ2v) is 5.92. The van der Waals surface area contributed by atoms with Crippen LogP contribution in [0, 0.1) is 0 Å². The van der Waals surface area contributed by atoms with Gasteiger partial charge in [-0.05, 0) is 53.3 Å². The number of aromatic nitrogens is 2. The second kappa shape index (κ2) is 6.02. The van der Waals surface area contributed by atoms with Gasteiger partial charge in [0, 0.05) is 12.7 Å². The standard InChI is InChI=1S/C15H13BrN4OS/c1-2-19-9-11(16)12(18-19)8-13-14(21)20(15(22)17-13)10-6-4-3-5-7-10/h3-9H,2H2,1H3,(H,17,22)/b13-8+. The molecule has 7 heteroatoms. The molecule has 0 bridgehead atoms. The van der Waals surface area contributed by atoms with Gasteiger partial charge < -0.3 is 5.32 Å². The normalized spacial score (nSPS) is 16.5. The minimum atomic E-state index is -0.186. The molecule has 22 heavy (non-hydrogen) atoms. The van der Waals surface area contributed by atoms with Crippen molar-refractivity contribution in [2.45, 2.75) is 13.5 Å². The first-order valence-corrected chi connectivity index (χ1v) is 7.95. The summed E-state index contributed by atoms with van der Waals surface area (Å²) >= 11 is 8.72. The summed E-state index contributed by atoms with van der Waals surface area (Å²) in [6, 6.07) is 9.32. The molecule has 0 unspecified atom stereocenters. The molecule has 1 fully saturated rings. The quantitative estimate of drug-likeness (QED) is 0.660. The van der Waals surface area contributed by atoms with E-state index in [-0.39, 0.29) is 5.91 Å². The molecule has 1 aliphatic heterocycles. The molecule has 0 radical (unpaired) electrons. The fourth-order valence-electron chi connectivity index (χ4n) is 2.16. The summed E-state index contributed by atoms with van der Waals surface area (Å²) < 4.78 is 2.63. The van der Waals surface area contributed by atoms with Crippen LogP contribution < -0.4 is 10.2 Å². The minimum Gasteiger partial charge on any atom is -0.327 e. The van der Waals surface area contributed by atoms with Gasteiger partial charge in [0.25, 0.3) is 5.91 Å². The molecule has 1 aliphatic rings. The van der Waals surface area contributed by atoms with E-state index in [9.17, 15) is 4.79 Å². The molecule has 1 aromatic heterocycles. The number of thiocarbonyl (C=S) groups is 1. The van der Waals surface area contributed by atoms with Crippen molar-refractivity contribution in [3.05, 3.63) is 52.4 Å². The predicted octanol–water partition coefficient (Wildman–Crippen LogP) is 2.93. The van der Waals surface area contributed by atoms with Gasteiger partial charge in [0.05, 0.1) is 10.2 Å². The van der Waals surface area contributed by atoms with Crippen LogP contribution in [0.4, 0.5) is 5.69 Å². The summed E-state index contributed by atoms with van der Waals surface area (Å²) in [5, 5.41) is 7.71.